The topological polar surface area (TPSA) is 138 Å². The summed E-state index contributed by atoms with van der Waals surface area (Å²) >= 11 is 0. The highest BCUT2D eigenvalue weighted by molar-refractivity contribution is 6.14. The summed E-state index contributed by atoms with van der Waals surface area (Å²) < 4.78 is 14.0. The zero-order chi connectivity index (χ0) is 24.8. The molecule has 0 bridgehead atoms. The second-order valence-corrected chi connectivity index (χ2v) is 8.87. The minimum atomic E-state index is -0.324. The molecule has 4 aromatic rings. The lowest BCUT2D eigenvalue weighted by atomic mass is 10.1. The summed E-state index contributed by atoms with van der Waals surface area (Å²) in [4.78, 5) is 31.2. The van der Waals surface area contributed by atoms with Crippen LogP contribution >= 0.6 is 0 Å². The van der Waals surface area contributed by atoms with Crippen molar-refractivity contribution in [1.29, 1.82) is 0 Å². The summed E-state index contributed by atoms with van der Waals surface area (Å²) in [6.45, 7) is 6.64. The number of H-pyrrole nitrogens is 1. The Bertz CT molecular complexity index is 1440. The van der Waals surface area contributed by atoms with Gasteiger partial charge in [0.15, 0.2) is 11.6 Å². The normalized spacial score (nSPS) is 18.5. The number of fused-ring (bicyclic) bond motifs is 3. The van der Waals surface area contributed by atoms with Crippen LogP contribution in [0.25, 0.3) is 5.78 Å². The third-order valence-corrected chi connectivity index (χ3v) is 6.78. The first-order chi connectivity index (χ1) is 17.5. The summed E-state index contributed by atoms with van der Waals surface area (Å²) in [5.41, 5.74) is 2.06. The van der Waals surface area contributed by atoms with E-state index in [0.717, 1.165) is 38.4 Å². The van der Waals surface area contributed by atoms with Gasteiger partial charge in [0.05, 0.1) is 25.3 Å². The molecule has 1 saturated heterocycles. The van der Waals surface area contributed by atoms with E-state index in [-0.39, 0.29) is 11.9 Å². The van der Waals surface area contributed by atoms with Crippen molar-refractivity contribution in [2.45, 2.75) is 19.6 Å². The first kappa shape index (κ1) is 22.4. The molecular weight excluding hydrogens is 464 g/mol. The Hall–Kier alpha value is -4.10. The van der Waals surface area contributed by atoms with Crippen molar-refractivity contribution >= 4 is 23.0 Å². The number of hydrazine groups is 1. The van der Waals surface area contributed by atoms with E-state index in [1.165, 1.54) is 5.01 Å². The number of ether oxygens (including phenoxy) is 1. The Labute approximate surface area is 206 Å². The number of nitrogens with two attached hydrogens (primary N) is 1. The van der Waals surface area contributed by atoms with Crippen LogP contribution in [0.1, 0.15) is 18.4 Å². The predicted octanol–water partition coefficient (Wildman–Crippen LogP) is 0.520. The fraction of sp³-hybridized carbons (Fsp3) is 0.391. The second kappa shape index (κ2) is 8.84. The molecule has 6 rings (SSSR count). The third-order valence-electron chi connectivity index (χ3n) is 6.78. The van der Waals surface area contributed by atoms with Crippen LogP contribution in [0.3, 0.4) is 0 Å². The zero-order valence-corrected chi connectivity index (χ0v) is 20.2. The average molecular weight is 493 g/mol. The smallest absolute Gasteiger partial charge is 0.343 e. The number of nitrogens with one attached hydrogen (secondary N) is 1. The highest BCUT2D eigenvalue weighted by atomic mass is 16.5. The number of hydrogen-bond acceptors (Lipinski definition) is 10. The zero-order valence-electron chi connectivity index (χ0n) is 20.2. The van der Waals surface area contributed by atoms with Gasteiger partial charge in [0, 0.05) is 45.3 Å². The van der Waals surface area contributed by atoms with Crippen molar-refractivity contribution in [2.75, 3.05) is 49.7 Å². The fourth-order valence-electron chi connectivity index (χ4n) is 4.76. The fourth-order valence-corrected chi connectivity index (χ4v) is 4.76. The number of aromatic amines is 1. The van der Waals surface area contributed by atoms with Gasteiger partial charge < -0.3 is 14.1 Å². The summed E-state index contributed by atoms with van der Waals surface area (Å²) in [5.74, 6) is 8.52. The molecule has 0 spiro atoms. The van der Waals surface area contributed by atoms with Gasteiger partial charge in [0.2, 0.25) is 11.7 Å². The van der Waals surface area contributed by atoms with Gasteiger partial charge in [-0.3, -0.25) is 19.5 Å². The molecule has 6 heterocycles. The highest BCUT2D eigenvalue weighted by Crippen LogP contribution is 2.29. The van der Waals surface area contributed by atoms with E-state index in [1.54, 1.807) is 28.5 Å². The number of aliphatic imine (C=N–C) groups is 1. The second-order valence-electron chi connectivity index (χ2n) is 8.87. The van der Waals surface area contributed by atoms with Crippen molar-refractivity contribution in [1.82, 2.24) is 29.0 Å². The predicted molar refractivity (Wildman–Crippen MR) is 134 cm³/mol. The molecule has 13 nitrogen and oxygen atoms in total. The number of nitrogens with zero attached hydrogens (tertiary/aromatic N) is 8. The van der Waals surface area contributed by atoms with Crippen LogP contribution in [0.2, 0.25) is 0 Å². The molecule has 0 amide bonds. The van der Waals surface area contributed by atoms with E-state index in [2.05, 4.69) is 24.9 Å². The van der Waals surface area contributed by atoms with E-state index in [1.807, 2.05) is 31.3 Å². The molecule has 0 aliphatic carbocycles. The Kier molecular flexibility index (Phi) is 5.49. The molecule has 2 aliphatic rings. The molecule has 0 aromatic carbocycles. The number of imidazole rings is 1. The van der Waals surface area contributed by atoms with Crippen molar-refractivity contribution in [2.24, 2.45) is 10.8 Å². The van der Waals surface area contributed by atoms with Crippen LogP contribution < -0.4 is 26.2 Å². The average Bonchev–Trinajstić information content (AvgIpc) is 3.62. The lowest BCUT2D eigenvalue weighted by Crippen LogP contribution is -2.47. The minimum absolute atomic E-state index is 0.232. The number of rotatable bonds is 6. The summed E-state index contributed by atoms with van der Waals surface area (Å²) in [6, 6.07) is 7.53. The molecule has 1 fully saturated rings. The maximum absolute atomic E-state index is 12.9. The molecule has 2 aliphatic heterocycles. The van der Waals surface area contributed by atoms with Crippen molar-refractivity contribution in [3.05, 3.63) is 58.7 Å². The van der Waals surface area contributed by atoms with Crippen LogP contribution in [-0.2, 0) is 6.54 Å². The van der Waals surface area contributed by atoms with E-state index < -0.39 is 0 Å². The highest BCUT2D eigenvalue weighted by Gasteiger charge is 2.33. The van der Waals surface area contributed by atoms with Gasteiger partial charge in [-0.15, -0.1) is 0 Å². The van der Waals surface area contributed by atoms with Crippen LogP contribution in [0.15, 0.2) is 50.9 Å². The van der Waals surface area contributed by atoms with Crippen LogP contribution in [-0.4, -0.2) is 80.8 Å². The number of piperazine rings is 1. The SMILES string of the molecule is COc1ccc(N2CCN(CCn3c(=O)[nH]n4c5c(nc34)N(N)C(C)N=C5c3ccco3)CC2)cn1. The number of methoxy groups -OCH3 is 1. The maximum atomic E-state index is 12.9. The molecule has 36 heavy (non-hydrogen) atoms. The van der Waals surface area contributed by atoms with Gasteiger partial charge in [-0.25, -0.2) is 25.2 Å². The molecule has 13 heteroatoms. The Morgan fingerprint density at radius 3 is 2.72 bits per heavy atom. The first-order valence-corrected chi connectivity index (χ1v) is 11.9. The van der Waals surface area contributed by atoms with E-state index >= 15 is 0 Å². The monoisotopic (exact) mass is 492 g/mol. The van der Waals surface area contributed by atoms with Crippen LogP contribution in [0, 0.1) is 0 Å². The lowest BCUT2D eigenvalue weighted by Gasteiger charge is -2.35. The standard InChI is InChI=1S/C23H28N10O3/c1-15-26-19(17-4-3-13-36-17)20-21(32(15)24)27-22-31(23(34)28-33(20)22)12-9-29-7-10-30(11-8-29)16-5-6-18(35-2)25-14-16/h3-6,13-15H,7-12,24H2,1-2H3,(H,28,34). The molecule has 0 radical (unpaired) electrons. The van der Waals surface area contributed by atoms with E-state index in [9.17, 15) is 4.79 Å². The van der Waals surface area contributed by atoms with Crippen molar-refractivity contribution in [3.63, 3.8) is 0 Å². The number of pyridine rings is 1. The lowest BCUT2D eigenvalue weighted by molar-refractivity contribution is 0.248. The van der Waals surface area contributed by atoms with Crippen LogP contribution in [0.5, 0.6) is 5.88 Å². The van der Waals surface area contributed by atoms with Gasteiger partial charge in [-0.1, -0.05) is 0 Å². The van der Waals surface area contributed by atoms with Gasteiger partial charge in [0.25, 0.3) is 0 Å². The minimum Gasteiger partial charge on any atom is -0.481 e. The Morgan fingerprint density at radius 2 is 2.03 bits per heavy atom. The van der Waals surface area contributed by atoms with E-state index in [4.69, 9.17) is 20.0 Å². The number of anilines is 2. The number of hydrogen-bond donors (Lipinski definition) is 2. The summed E-state index contributed by atoms with van der Waals surface area (Å²) in [6.07, 6.45) is 3.11. The van der Waals surface area contributed by atoms with Crippen molar-refractivity contribution in [3.8, 4) is 5.88 Å². The summed E-state index contributed by atoms with van der Waals surface area (Å²) in [5, 5.41) is 4.41. The molecular formula is C23H28N10O3. The van der Waals surface area contributed by atoms with E-state index in [0.29, 0.717) is 41.2 Å². The molecule has 1 unspecified atom stereocenters. The van der Waals surface area contributed by atoms with Crippen LogP contribution in [0.4, 0.5) is 11.5 Å². The van der Waals surface area contributed by atoms with Gasteiger partial charge in [-0.05, 0) is 25.1 Å². The van der Waals surface area contributed by atoms with Gasteiger partial charge in [-0.2, -0.15) is 4.98 Å². The molecule has 0 saturated carbocycles. The maximum Gasteiger partial charge on any atom is 0.343 e. The largest absolute Gasteiger partial charge is 0.481 e. The molecule has 1 atom stereocenters. The van der Waals surface area contributed by atoms with Crippen molar-refractivity contribution < 1.29 is 9.15 Å². The first-order valence-electron chi connectivity index (χ1n) is 11.9. The summed E-state index contributed by atoms with van der Waals surface area (Å²) in [7, 11) is 1.61. The Morgan fingerprint density at radius 1 is 1.19 bits per heavy atom. The third kappa shape index (κ3) is 3.72. The van der Waals surface area contributed by atoms with Gasteiger partial charge >= 0.3 is 5.69 Å². The number of aromatic nitrogens is 5. The molecule has 3 N–H and O–H groups in total. The molecule has 188 valence electrons. The number of furan rings is 1. The quantitative estimate of drug-likeness (QED) is 0.369. The molecule has 4 aromatic heterocycles. The van der Waals surface area contributed by atoms with Gasteiger partial charge in [0.1, 0.15) is 17.6 Å². The Balaban J connectivity index is 1.19.